The number of ether oxygens (including phenoxy) is 1. The van der Waals surface area contributed by atoms with Gasteiger partial charge in [-0.25, -0.2) is 0 Å². The molecule has 1 atom stereocenters. The Hall–Kier alpha value is -0.830. The quantitative estimate of drug-likeness (QED) is 0.846. The van der Waals surface area contributed by atoms with Gasteiger partial charge in [-0.1, -0.05) is 22.0 Å². The van der Waals surface area contributed by atoms with Gasteiger partial charge >= 0.3 is 0 Å². The van der Waals surface area contributed by atoms with Gasteiger partial charge in [0, 0.05) is 16.8 Å². The number of ketones is 1. The largest absolute Gasteiger partial charge is 0.497 e. The average Bonchev–Trinajstić information content (AvgIpc) is 2.73. The highest BCUT2D eigenvalue weighted by atomic mass is 79.9. The number of aryl methyl sites for hydroxylation is 1. The summed E-state index contributed by atoms with van der Waals surface area (Å²) in [5.74, 6) is 1.61. The maximum absolute atomic E-state index is 11.5. The van der Waals surface area contributed by atoms with Crippen molar-refractivity contribution in [1.29, 1.82) is 0 Å². The minimum atomic E-state index is 0.295. The summed E-state index contributed by atoms with van der Waals surface area (Å²) < 4.78 is 6.23. The molecule has 1 unspecified atom stereocenters. The Kier molecular flexibility index (Phi) is 4.21. The van der Waals surface area contributed by atoms with E-state index in [2.05, 4.69) is 22.0 Å². The number of Topliss-reactive ketones (excluding diaryl/α,β-unsaturated/α-hetero) is 1. The molecule has 17 heavy (non-hydrogen) atoms. The van der Waals surface area contributed by atoms with Crippen LogP contribution in [-0.4, -0.2) is 12.9 Å². The molecule has 2 nitrogen and oxygen atoms in total. The molecular formula is C14H17BrO2. The van der Waals surface area contributed by atoms with Gasteiger partial charge in [-0.3, -0.25) is 4.79 Å². The molecule has 3 heteroatoms. The van der Waals surface area contributed by atoms with E-state index in [1.165, 1.54) is 5.56 Å². The number of carbonyl (C=O) groups is 1. The molecule has 2 rings (SSSR count). The van der Waals surface area contributed by atoms with Gasteiger partial charge in [0.25, 0.3) is 0 Å². The summed E-state index contributed by atoms with van der Waals surface area (Å²) in [6.45, 7) is 0. The van der Waals surface area contributed by atoms with Gasteiger partial charge in [0.1, 0.15) is 11.5 Å². The summed E-state index contributed by atoms with van der Waals surface area (Å²) in [4.78, 5) is 11.5. The molecule has 0 spiro atoms. The molecule has 1 fully saturated rings. The Morgan fingerprint density at radius 3 is 2.88 bits per heavy atom. The molecule has 0 N–H and O–H groups in total. The first-order valence-electron chi connectivity index (χ1n) is 6.06. The van der Waals surface area contributed by atoms with Crippen molar-refractivity contribution in [3.8, 4) is 5.75 Å². The van der Waals surface area contributed by atoms with Crippen molar-refractivity contribution in [2.45, 2.75) is 32.1 Å². The Morgan fingerprint density at radius 2 is 2.29 bits per heavy atom. The average molecular weight is 297 g/mol. The van der Waals surface area contributed by atoms with Crippen LogP contribution in [0.4, 0.5) is 0 Å². The van der Waals surface area contributed by atoms with Crippen molar-refractivity contribution >= 4 is 21.7 Å². The topological polar surface area (TPSA) is 26.3 Å². The highest BCUT2D eigenvalue weighted by Gasteiger charge is 2.23. The molecule has 0 aliphatic heterocycles. The van der Waals surface area contributed by atoms with E-state index in [4.69, 9.17) is 4.74 Å². The van der Waals surface area contributed by atoms with Crippen LogP contribution in [0.3, 0.4) is 0 Å². The van der Waals surface area contributed by atoms with Crippen LogP contribution in [0.5, 0.6) is 5.75 Å². The number of hydrogen-bond donors (Lipinski definition) is 0. The lowest BCUT2D eigenvalue weighted by atomic mass is 9.97. The smallest absolute Gasteiger partial charge is 0.135 e. The van der Waals surface area contributed by atoms with Crippen LogP contribution in [0, 0.1) is 5.92 Å². The Balaban J connectivity index is 1.96. The standard InChI is InChI=1S/C14H17BrO2/c1-17-12-8-7-10(13(15)9-12)5-6-11-3-2-4-14(11)16/h7-9,11H,2-6H2,1H3. The fourth-order valence-electron chi connectivity index (χ4n) is 2.38. The van der Waals surface area contributed by atoms with Crippen LogP contribution >= 0.6 is 15.9 Å². The first-order chi connectivity index (χ1) is 8.20. The third-order valence-electron chi connectivity index (χ3n) is 3.45. The van der Waals surface area contributed by atoms with Gasteiger partial charge in [-0.2, -0.15) is 0 Å². The van der Waals surface area contributed by atoms with Gasteiger partial charge in [0.2, 0.25) is 0 Å². The Morgan fingerprint density at radius 1 is 1.47 bits per heavy atom. The van der Waals surface area contributed by atoms with Gasteiger partial charge in [0.15, 0.2) is 0 Å². The normalized spacial score (nSPS) is 19.6. The van der Waals surface area contributed by atoms with E-state index in [0.717, 1.165) is 42.3 Å². The number of methoxy groups -OCH3 is 1. The predicted molar refractivity (Wildman–Crippen MR) is 71.4 cm³/mol. The van der Waals surface area contributed by atoms with E-state index in [9.17, 15) is 4.79 Å². The van der Waals surface area contributed by atoms with E-state index >= 15 is 0 Å². The zero-order chi connectivity index (χ0) is 12.3. The van der Waals surface area contributed by atoms with Crippen LogP contribution in [0.25, 0.3) is 0 Å². The van der Waals surface area contributed by atoms with Crippen LogP contribution in [0.15, 0.2) is 22.7 Å². The van der Waals surface area contributed by atoms with Crippen molar-refractivity contribution in [3.05, 3.63) is 28.2 Å². The first-order valence-corrected chi connectivity index (χ1v) is 6.85. The predicted octanol–water partition coefficient (Wildman–Crippen LogP) is 3.76. The van der Waals surface area contributed by atoms with E-state index in [-0.39, 0.29) is 0 Å². The summed E-state index contributed by atoms with van der Waals surface area (Å²) in [5.41, 5.74) is 1.26. The lowest BCUT2D eigenvalue weighted by Crippen LogP contribution is -2.07. The third-order valence-corrected chi connectivity index (χ3v) is 4.19. The number of carbonyl (C=O) groups excluding carboxylic acids is 1. The molecule has 0 bridgehead atoms. The SMILES string of the molecule is COc1ccc(CCC2CCCC2=O)c(Br)c1. The molecule has 1 aromatic carbocycles. The number of benzene rings is 1. The van der Waals surface area contributed by atoms with Gasteiger partial charge < -0.3 is 4.74 Å². The molecule has 1 aromatic rings. The zero-order valence-electron chi connectivity index (χ0n) is 10.0. The van der Waals surface area contributed by atoms with Gasteiger partial charge in [0.05, 0.1) is 7.11 Å². The van der Waals surface area contributed by atoms with Crippen molar-refractivity contribution < 1.29 is 9.53 Å². The van der Waals surface area contributed by atoms with Crippen LogP contribution in [0.1, 0.15) is 31.2 Å². The molecule has 0 amide bonds. The number of halogens is 1. The highest BCUT2D eigenvalue weighted by molar-refractivity contribution is 9.10. The van der Waals surface area contributed by atoms with Crippen LogP contribution in [0.2, 0.25) is 0 Å². The summed E-state index contributed by atoms with van der Waals surface area (Å²) in [7, 11) is 1.67. The molecule has 0 heterocycles. The molecule has 1 saturated carbocycles. The van der Waals surface area contributed by atoms with Crippen molar-refractivity contribution in [1.82, 2.24) is 0 Å². The van der Waals surface area contributed by atoms with Crippen molar-refractivity contribution in [3.63, 3.8) is 0 Å². The minimum absolute atomic E-state index is 0.295. The summed E-state index contributed by atoms with van der Waals surface area (Å²) in [6.07, 6.45) is 4.87. The number of rotatable bonds is 4. The molecule has 1 aliphatic carbocycles. The molecule has 92 valence electrons. The van der Waals surface area contributed by atoms with Crippen LogP contribution < -0.4 is 4.74 Å². The second kappa shape index (κ2) is 5.67. The summed E-state index contributed by atoms with van der Waals surface area (Å²) >= 11 is 3.55. The molecule has 1 aliphatic rings. The van der Waals surface area contributed by atoms with Gasteiger partial charge in [-0.15, -0.1) is 0 Å². The van der Waals surface area contributed by atoms with E-state index < -0.39 is 0 Å². The van der Waals surface area contributed by atoms with Crippen LogP contribution in [-0.2, 0) is 11.2 Å². The molecular weight excluding hydrogens is 280 g/mol. The molecule has 0 radical (unpaired) electrons. The lowest BCUT2D eigenvalue weighted by molar-refractivity contribution is -0.120. The minimum Gasteiger partial charge on any atom is -0.497 e. The Bertz CT molecular complexity index is 415. The monoisotopic (exact) mass is 296 g/mol. The third kappa shape index (κ3) is 3.09. The second-order valence-corrected chi connectivity index (χ2v) is 5.41. The first kappa shape index (κ1) is 12.6. The van der Waals surface area contributed by atoms with Gasteiger partial charge in [-0.05, 0) is 43.4 Å². The maximum Gasteiger partial charge on any atom is 0.135 e. The fourth-order valence-corrected chi connectivity index (χ4v) is 2.94. The van der Waals surface area contributed by atoms with E-state index in [1.54, 1.807) is 7.11 Å². The summed E-state index contributed by atoms with van der Waals surface area (Å²) in [6, 6.07) is 6.02. The van der Waals surface area contributed by atoms with Crippen molar-refractivity contribution in [2.24, 2.45) is 5.92 Å². The van der Waals surface area contributed by atoms with E-state index in [1.807, 2.05) is 12.1 Å². The fraction of sp³-hybridized carbons (Fsp3) is 0.500. The maximum atomic E-state index is 11.5. The second-order valence-electron chi connectivity index (χ2n) is 4.55. The van der Waals surface area contributed by atoms with Crippen molar-refractivity contribution in [2.75, 3.05) is 7.11 Å². The lowest BCUT2D eigenvalue weighted by Gasteiger charge is -2.10. The molecule has 0 saturated heterocycles. The number of hydrogen-bond acceptors (Lipinski definition) is 2. The summed E-state index contributed by atoms with van der Waals surface area (Å²) in [5, 5.41) is 0. The highest BCUT2D eigenvalue weighted by Crippen LogP contribution is 2.29. The zero-order valence-corrected chi connectivity index (χ0v) is 11.6. The van der Waals surface area contributed by atoms with E-state index in [0.29, 0.717) is 11.7 Å². The Labute approximate surface area is 110 Å². The molecule has 0 aromatic heterocycles.